The fraction of sp³-hybridized carbons (Fsp3) is 0.929. The number of alkyl carbamates (subject to hydrolysis) is 1. The maximum Gasteiger partial charge on any atom is 0.407 e. The molecule has 0 aliphatic carbocycles. The summed E-state index contributed by atoms with van der Waals surface area (Å²) < 4.78 is 5.14. The normalized spacial score (nSPS) is 11.4. The summed E-state index contributed by atoms with van der Waals surface area (Å²) in [5, 5.41) is 9.41. The zero-order valence-corrected chi connectivity index (χ0v) is 13.3. The van der Waals surface area contributed by atoms with E-state index in [2.05, 4.69) is 16.0 Å². The van der Waals surface area contributed by atoms with Crippen LogP contribution in [0, 0.1) is 0 Å². The Morgan fingerprint density at radius 2 is 1.45 bits per heavy atom. The lowest BCUT2D eigenvalue weighted by atomic mass is 10.2. The van der Waals surface area contributed by atoms with Crippen molar-refractivity contribution in [3.05, 3.63) is 0 Å². The molecule has 0 unspecified atom stereocenters. The largest absolute Gasteiger partial charge is 0.444 e. The van der Waals surface area contributed by atoms with E-state index in [1.165, 1.54) is 0 Å². The van der Waals surface area contributed by atoms with E-state index in [1.807, 2.05) is 20.8 Å². The number of hydrogen-bond acceptors (Lipinski definition) is 5. The van der Waals surface area contributed by atoms with Crippen molar-refractivity contribution in [2.45, 2.75) is 45.6 Å². The van der Waals surface area contributed by atoms with Gasteiger partial charge in [-0.15, -0.1) is 0 Å². The number of carbonyl (C=O) groups is 1. The zero-order valence-electron chi connectivity index (χ0n) is 13.3. The molecule has 0 aromatic rings. The summed E-state index contributed by atoms with van der Waals surface area (Å²) >= 11 is 0. The van der Waals surface area contributed by atoms with E-state index >= 15 is 0 Å². The molecule has 0 heterocycles. The number of nitrogens with one attached hydrogen (secondary N) is 3. The van der Waals surface area contributed by atoms with E-state index in [1.54, 1.807) is 0 Å². The van der Waals surface area contributed by atoms with E-state index in [-0.39, 0.29) is 6.09 Å². The minimum Gasteiger partial charge on any atom is -0.444 e. The van der Waals surface area contributed by atoms with Crippen LogP contribution in [-0.4, -0.2) is 51.0 Å². The summed E-state index contributed by atoms with van der Waals surface area (Å²) in [6.45, 7) is 10.9. The van der Waals surface area contributed by atoms with Gasteiger partial charge in [0.1, 0.15) is 5.60 Å². The Hall–Kier alpha value is -0.850. The van der Waals surface area contributed by atoms with Crippen molar-refractivity contribution in [2.75, 3.05) is 39.3 Å². The Morgan fingerprint density at radius 3 is 1.95 bits per heavy atom. The van der Waals surface area contributed by atoms with Gasteiger partial charge in [-0.05, 0) is 72.8 Å². The summed E-state index contributed by atoms with van der Waals surface area (Å²) in [5.41, 5.74) is 4.97. The highest BCUT2D eigenvalue weighted by Gasteiger charge is 2.15. The SMILES string of the molecule is CC(C)(C)OC(=O)NCCCNCCCNCCCN. The van der Waals surface area contributed by atoms with Crippen molar-refractivity contribution in [2.24, 2.45) is 5.73 Å². The van der Waals surface area contributed by atoms with Crippen LogP contribution in [0.3, 0.4) is 0 Å². The van der Waals surface area contributed by atoms with Gasteiger partial charge in [0.25, 0.3) is 0 Å². The van der Waals surface area contributed by atoms with Gasteiger partial charge < -0.3 is 26.4 Å². The monoisotopic (exact) mass is 288 g/mol. The van der Waals surface area contributed by atoms with Crippen LogP contribution in [0.15, 0.2) is 0 Å². The molecule has 0 saturated heterocycles. The van der Waals surface area contributed by atoms with E-state index in [0.29, 0.717) is 6.54 Å². The molecule has 0 saturated carbocycles. The predicted molar refractivity (Wildman–Crippen MR) is 82.9 cm³/mol. The van der Waals surface area contributed by atoms with Gasteiger partial charge in [0.2, 0.25) is 0 Å². The summed E-state index contributed by atoms with van der Waals surface area (Å²) in [7, 11) is 0. The standard InChI is InChI=1S/C14H32N4O2/c1-14(2,3)20-13(19)18-12-6-11-17-10-5-9-16-8-4-7-15/h16-17H,4-12,15H2,1-3H3,(H,18,19). The predicted octanol–water partition coefficient (Wildman–Crippen LogP) is 0.819. The van der Waals surface area contributed by atoms with Crippen molar-refractivity contribution < 1.29 is 9.53 Å². The molecule has 0 aliphatic rings. The molecule has 0 aromatic heterocycles. The molecule has 6 heteroatoms. The molecule has 0 spiro atoms. The average Bonchev–Trinajstić information content (AvgIpc) is 2.34. The summed E-state index contributed by atoms with van der Waals surface area (Å²) in [6, 6.07) is 0. The smallest absolute Gasteiger partial charge is 0.407 e. The molecule has 0 aliphatic heterocycles. The maximum absolute atomic E-state index is 11.3. The van der Waals surface area contributed by atoms with Gasteiger partial charge in [0.05, 0.1) is 0 Å². The van der Waals surface area contributed by atoms with Crippen molar-refractivity contribution >= 4 is 6.09 Å². The number of hydrogen-bond donors (Lipinski definition) is 4. The quantitative estimate of drug-likeness (QED) is 0.423. The molecule has 0 bridgehead atoms. The molecule has 6 nitrogen and oxygen atoms in total. The minimum absolute atomic E-state index is 0.346. The second kappa shape index (κ2) is 11.9. The Morgan fingerprint density at radius 1 is 0.950 bits per heavy atom. The third-order valence-electron chi connectivity index (χ3n) is 2.46. The van der Waals surface area contributed by atoms with Crippen LogP contribution < -0.4 is 21.7 Å². The molecule has 0 fully saturated rings. The molecule has 0 atom stereocenters. The van der Waals surface area contributed by atoms with Crippen LogP contribution in [0.2, 0.25) is 0 Å². The van der Waals surface area contributed by atoms with Crippen LogP contribution in [-0.2, 0) is 4.74 Å². The summed E-state index contributed by atoms with van der Waals surface area (Å²) in [6.07, 6.45) is 2.69. The van der Waals surface area contributed by atoms with Crippen LogP contribution in [0.4, 0.5) is 4.79 Å². The third-order valence-corrected chi connectivity index (χ3v) is 2.46. The summed E-state index contributed by atoms with van der Waals surface area (Å²) in [4.78, 5) is 11.3. The fourth-order valence-corrected chi connectivity index (χ4v) is 1.53. The Labute approximate surface area is 123 Å². The first-order chi connectivity index (χ1) is 9.45. The third kappa shape index (κ3) is 15.2. The Bertz CT molecular complexity index is 242. The molecule has 0 aromatic carbocycles. The van der Waals surface area contributed by atoms with Crippen LogP contribution in [0.1, 0.15) is 40.0 Å². The van der Waals surface area contributed by atoms with Crippen molar-refractivity contribution in [3.8, 4) is 0 Å². The van der Waals surface area contributed by atoms with Crippen molar-refractivity contribution in [1.29, 1.82) is 0 Å². The number of rotatable bonds is 11. The van der Waals surface area contributed by atoms with Crippen molar-refractivity contribution in [1.82, 2.24) is 16.0 Å². The molecule has 0 radical (unpaired) electrons. The van der Waals surface area contributed by atoms with Gasteiger partial charge in [-0.3, -0.25) is 0 Å². The van der Waals surface area contributed by atoms with Gasteiger partial charge in [-0.1, -0.05) is 0 Å². The molecule has 1 amide bonds. The highest BCUT2D eigenvalue weighted by atomic mass is 16.6. The van der Waals surface area contributed by atoms with E-state index in [9.17, 15) is 4.79 Å². The summed E-state index contributed by atoms with van der Waals surface area (Å²) in [5.74, 6) is 0. The van der Waals surface area contributed by atoms with E-state index in [0.717, 1.165) is 52.0 Å². The molecule has 0 rings (SSSR count). The van der Waals surface area contributed by atoms with Crippen LogP contribution in [0.5, 0.6) is 0 Å². The number of carbonyl (C=O) groups excluding carboxylic acids is 1. The minimum atomic E-state index is -0.431. The highest BCUT2D eigenvalue weighted by Crippen LogP contribution is 2.06. The van der Waals surface area contributed by atoms with Gasteiger partial charge >= 0.3 is 6.09 Å². The van der Waals surface area contributed by atoms with Crippen molar-refractivity contribution in [3.63, 3.8) is 0 Å². The average molecular weight is 288 g/mol. The van der Waals surface area contributed by atoms with Crippen LogP contribution in [0.25, 0.3) is 0 Å². The topological polar surface area (TPSA) is 88.4 Å². The van der Waals surface area contributed by atoms with Crippen LogP contribution >= 0.6 is 0 Å². The second-order valence-corrected chi connectivity index (χ2v) is 5.78. The lowest BCUT2D eigenvalue weighted by molar-refractivity contribution is 0.0527. The molecule has 20 heavy (non-hydrogen) atoms. The highest BCUT2D eigenvalue weighted by molar-refractivity contribution is 5.67. The zero-order chi connectivity index (χ0) is 15.3. The Kier molecular flexibility index (Phi) is 11.4. The van der Waals surface area contributed by atoms with E-state index < -0.39 is 5.60 Å². The van der Waals surface area contributed by atoms with Gasteiger partial charge in [-0.25, -0.2) is 4.79 Å². The lowest BCUT2D eigenvalue weighted by Crippen LogP contribution is -2.34. The number of amides is 1. The van der Waals surface area contributed by atoms with Gasteiger partial charge in [-0.2, -0.15) is 0 Å². The molecular formula is C14H32N4O2. The number of ether oxygens (including phenoxy) is 1. The fourth-order valence-electron chi connectivity index (χ4n) is 1.53. The first-order valence-electron chi connectivity index (χ1n) is 7.54. The molecule has 5 N–H and O–H groups in total. The maximum atomic E-state index is 11.3. The number of nitrogens with two attached hydrogens (primary N) is 1. The van der Waals surface area contributed by atoms with Gasteiger partial charge in [0, 0.05) is 6.54 Å². The molecule has 120 valence electrons. The first-order valence-corrected chi connectivity index (χ1v) is 7.54. The lowest BCUT2D eigenvalue weighted by Gasteiger charge is -2.19. The second-order valence-electron chi connectivity index (χ2n) is 5.78. The van der Waals surface area contributed by atoms with Gasteiger partial charge in [0.15, 0.2) is 0 Å². The Balaban J connectivity index is 3.19. The first kappa shape index (κ1) is 19.1. The molecular weight excluding hydrogens is 256 g/mol. The van der Waals surface area contributed by atoms with E-state index in [4.69, 9.17) is 10.5 Å².